The van der Waals surface area contributed by atoms with Gasteiger partial charge < -0.3 is 5.73 Å². The minimum absolute atomic E-state index is 0.334. The number of rotatable bonds is 3. The minimum Gasteiger partial charge on any atom is -0.321 e. The molecule has 3 heteroatoms. The molecule has 0 aliphatic rings. The summed E-state index contributed by atoms with van der Waals surface area (Å²) in [4.78, 5) is 4.27. The Hall–Kier alpha value is -1.19. The van der Waals surface area contributed by atoms with Crippen LogP contribution in [-0.2, 0) is 12.0 Å². The van der Waals surface area contributed by atoms with Crippen molar-refractivity contribution in [3.05, 3.63) is 52.5 Å². The van der Waals surface area contributed by atoms with Crippen molar-refractivity contribution in [3.63, 3.8) is 0 Å². The van der Waals surface area contributed by atoms with E-state index in [0.717, 1.165) is 17.0 Å². The van der Waals surface area contributed by atoms with E-state index in [1.165, 1.54) is 0 Å². The van der Waals surface area contributed by atoms with Gasteiger partial charge in [-0.1, -0.05) is 30.3 Å². The van der Waals surface area contributed by atoms with Crippen molar-refractivity contribution < 1.29 is 0 Å². The van der Waals surface area contributed by atoms with E-state index in [9.17, 15) is 0 Å². The van der Waals surface area contributed by atoms with Crippen LogP contribution in [0.25, 0.3) is 0 Å². The maximum absolute atomic E-state index is 6.30. The molecule has 2 N–H and O–H groups in total. The van der Waals surface area contributed by atoms with Crippen LogP contribution in [0.4, 0.5) is 0 Å². The van der Waals surface area contributed by atoms with E-state index >= 15 is 0 Å². The molecule has 0 amide bonds. The first-order valence-corrected chi connectivity index (χ1v) is 5.79. The predicted octanol–water partition coefficient (Wildman–Crippen LogP) is 2.56. The number of benzene rings is 1. The second-order valence-electron chi connectivity index (χ2n) is 3.89. The molecule has 0 spiro atoms. The van der Waals surface area contributed by atoms with Crippen LogP contribution in [0.15, 0.2) is 41.9 Å². The zero-order valence-corrected chi connectivity index (χ0v) is 9.50. The fraction of sp³-hybridized carbons (Fsp3) is 0.250. The Morgan fingerprint density at radius 2 is 2.07 bits per heavy atom. The van der Waals surface area contributed by atoms with E-state index in [1.54, 1.807) is 11.3 Å². The monoisotopic (exact) mass is 218 g/mol. The molecule has 1 heterocycles. The smallest absolute Gasteiger partial charge is 0.0946 e. The molecule has 0 fully saturated rings. The Morgan fingerprint density at radius 3 is 2.67 bits per heavy atom. The van der Waals surface area contributed by atoms with Gasteiger partial charge in [0.05, 0.1) is 5.01 Å². The van der Waals surface area contributed by atoms with E-state index in [-0.39, 0.29) is 5.54 Å². The Labute approximate surface area is 93.8 Å². The van der Waals surface area contributed by atoms with Crippen molar-refractivity contribution in [1.29, 1.82) is 0 Å². The summed E-state index contributed by atoms with van der Waals surface area (Å²) in [6, 6.07) is 10.2. The zero-order chi connectivity index (χ0) is 10.7. The fourth-order valence-electron chi connectivity index (χ4n) is 1.58. The first-order valence-electron chi connectivity index (χ1n) is 4.91. The molecular formula is C12H14N2S. The molecule has 1 aromatic heterocycles. The van der Waals surface area contributed by atoms with Gasteiger partial charge in [-0.15, -0.1) is 11.3 Å². The van der Waals surface area contributed by atoms with Crippen LogP contribution in [0.5, 0.6) is 0 Å². The Kier molecular flexibility index (Phi) is 2.84. The van der Waals surface area contributed by atoms with E-state index < -0.39 is 0 Å². The van der Waals surface area contributed by atoms with Gasteiger partial charge in [0.2, 0.25) is 0 Å². The number of nitrogens with two attached hydrogens (primary N) is 1. The summed E-state index contributed by atoms with van der Waals surface area (Å²) >= 11 is 1.65. The molecule has 1 aromatic carbocycles. The molecule has 15 heavy (non-hydrogen) atoms. The lowest BCUT2D eigenvalue weighted by molar-refractivity contribution is 0.490. The summed E-state index contributed by atoms with van der Waals surface area (Å²) in [6.45, 7) is 2.05. The predicted molar refractivity (Wildman–Crippen MR) is 63.8 cm³/mol. The summed E-state index contributed by atoms with van der Waals surface area (Å²) in [7, 11) is 0. The van der Waals surface area contributed by atoms with E-state index in [1.807, 2.05) is 36.7 Å². The van der Waals surface area contributed by atoms with Gasteiger partial charge in [0.1, 0.15) is 0 Å². The molecule has 1 atom stereocenters. The highest BCUT2D eigenvalue weighted by Gasteiger charge is 2.22. The molecular weight excluding hydrogens is 204 g/mol. The molecule has 1 unspecified atom stereocenters. The summed E-state index contributed by atoms with van der Waals surface area (Å²) in [5.41, 5.74) is 7.11. The largest absolute Gasteiger partial charge is 0.321 e. The van der Waals surface area contributed by atoms with Crippen molar-refractivity contribution in [3.8, 4) is 0 Å². The number of thiazole rings is 1. The quantitative estimate of drug-likeness (QED) is 0.860. The van der Waals surface area contributed by atoms with Crippen LogP contribution in [-0.4, -0.2) is 4.98 Å². The molecule has 2 rings (SSSR count). The molecule has 78 valence electrons. The number of hydrogen-bond acceptors (Lipinski definition) is 3. The summed E-state index contributed by atoms with van der Waals surface area (Å²) in [5.74, 6) is 0. The second kappa shape index (κ2) is 4.13. The molecule has 2 aromatic rings. The number of hydrogen-bond donors (Lipinski definition) is 1. The van der Waals surface area contributed by atoms with E-state index in [4.69, 9.17) is 5.73 Å². The Bertz CT molecular complexity index is 406. The van der Waals surface area contributed by atoms with Gasteiger partial charge >= 0.3 is 0 Å². The van der Waals surface area contributed by atoms with Crippen LogP contribution in [0.1, 0.15) is 17.5 Å². The highest BCUT2D eigenvalue weighted by atomic mass is 32.1. The van der Waals surface area contributed by atoms with Gasteiger partial charge in [-0.2, -0.15) is 0 Å². The first-order chi connectivity index (χ1) is 7.18. The molecule has 0 saturated heterocycles. The van der Waals surface area contributed by atoms with Crippen molar-refractivity contribution >= 4 is 11.3 Å². The molecule has 0 aliphatic carbocycles. The van der Waals surface area contributed by atoms with E-state index in [2.05, 4.69) is 17.1 Å². The van der Waals surface area contributed by atoms with Crippen molar-refractivity contribution in [2.24, 2.45) is 5.73 Å². The molecule has 0 aliphatic heterocycles. The van der Waals surface area contributed by atoms with Crippen molar-refractivity contribution in [2.75, 3.05) is 0 Å². The third kappa shape index (κ3) is 2.43. The second-order valence-corrected chi connectivity index (χ2v) is 4.87. The minimum atomic E-state index is -0.334. The number of aromatic nitrogens is 1. The highest BCUT2D eigenvalue weighted by molar-refractivity contribution is 7.09. The molecule has 0 radical (unpaired) electrons. The van der Waals surface area contributed by atoms with E-state index in [0.29, 0.717) is 0 Å². The standard InChI is InChI=1S/C12H14N2S/c1-12(13,9-11-14-7-8-15-11)10-5-3-2-4-6-10/h2-8H,9,13H2,1H3. The third-order valence-electron chi connectivity index (χ3n) is 2.44. The van der Waals surface area contributed by atoms with Gasteiger partial charge in [0.15, 0.2) is 0 Å². The van der Waals surface area contributed by atoms with Crippen molar-refractivity contribution in [2.45, 2.75) is 18.9 Å². The van der Waals surface area contributed by atoms with Gasteiger partial charge in [-0.05, 0) is 12.5 Å². The zero-order valence-electron chi connectivity index (χ0n) is 8.68. The van der Waals surface area contributed by atoms with Gasteiger partial charge in [0, 0.05) is 23.5 Å². The number of nitrogens with zero attached hydrogens (tertiary/aromatic N) is 1. The average Bonchev–Trinajstić information content (AvgIpc) is 2.71. The van der Waals surface area contributed by atoms with Crippen LogP contribution in [0, 0.1) is 0 Å². The first kappa shape index (κ1) is 10.3. The maximum Gasteiger partial charge on any atom is 0.0946 e. The lowest BCUT2D eigenvalue weighted by Gasteiger charge is -2.23. The van der Waals surface area contributed by atoms with Gasteiger partial charge in [-0.25, -0.2) is 4.98 Å². The van der Waals surface area contributed by atoms with Gasteiger partial charge in [0.25, 0.3) is 0 Å². The van der Waals surface area contributed by atoms with Gasteiger partial charge in [-0.3, -0.25) is 0 Å². The van der Waals surface area contributed by atoms with Crippen LogP contribution >= 0.6 is 11.3 Å². The molecule has 0 bridgehead atoms. The van der Waals surface area contributed by atoms with Crippen LogP contribution in [0.3, 0.4) is 0 Å². The normalized spacial score (nSPS) is 14.8. The summed E-state index contributed by atoms with van der Waals surface area (Å²) in [6.07, 6.45) is 2.61. The lowest BCUT2D eigenvalue weighted by Crippen LogP contribution is -2.35. The molecule has 2 nitrogen and oxygen atoms in total. The topological polar surface area (TPSA) is 38.9 Å². The summed E-state index contributed by atoms with van der Waals surface area (Å²) in [5, 5.41) is 3.07. The third-order valence-corrected chi connectivity index (χ3v) is 3.21. The molecule has 0 saturated carbocycles. The Balaban J connectivity index is 2.20. The lowest BCUT2D eigenvalue weighted by atomic mass is 9.90. The van der Waals surface area contributed by atoms with Crippen LogP contribution in [0.2, 0.25) is 0 Å². The average molecular weight is 218 g/mol. The Morgan fingerprint density at radius 1 is 1.33 bits per heavy atom. The highest BCUT2D eigenvalue weighted by Crippen LogP contribution is 2.23. The maximum atomic E-state index is 6.30. The fourth-order valence-corrected chi connectivity index (χ4v) is 2.36. The SMILES string of the molecule is CC(N)(Cc1nccs1)c1ccccc1. The summed E-state index contributed by atoms with van der Waals surface area (Å²) < 4.78 is 0. The van der Waals surface area contributed by atoms with Crippen LogP contribution < -0.4 is 5.73 Å². The van der Waals surface area contributed by atoms with Crippen molar-refractivity contribution in [1.82, 2.24) is 4.98 Å².